The van der Waals surface area contributed by atoms with Crippen molar-refractivity contribution in [1.29, 1.82) is 0 Å². The summed E-state index contributed by atoms with van der Waals surface area (Å²) in [6, 6.07) is 0. The molecule has 0 rings (SSSR count). The van der Waals surface area contributed by atoms with Gasteiger partial charge in [0.2, 0.25) is 0 Å². The fraction of sp³-hybridized carbons (Fsp3) is 0.778. The van der Waals surface area contributed by atoms with Gasteiger partial charge in [0.1, 0.15) is 12.3 Å². The van der Waals surface area contributed by atoms with Gasteiger partial charge in [0.15, 0.2) is 0 Å². The van der Waals surface area contributed by atoms with E-state index in [0.29, 0.717) is 6.42 Å². The molecule has 0 radical (unpaired) electrons. The molecular weight excluding hydrogens is 146 g/mol. The molecule has 0 saturated heterocycles. The SMILES string of the molecule is C=CC[C@H](F)[C@H](F)CCCC. The van der Waals surface area contributed by atoms with Gasteiger partial charge in [-0.15, -0.1) is 6.58 Å². The molecule has 0 bridgehead atoms. The molecule has 0 amide bonds. The molecule has 0 aromatic rings. The van der Waals surface area contributed by atoms with Crippen LogP contribution < -0.4 is 0 Å². The van der Waals surface area contributed by atoms with E-state index in [2.05, 4.69) is 6.58 Å². The maximum absolute atomic E-state index is 12.7. The van der Waals surface area contributed by atoms with Gasteiger partial charge in [0.05, 0.1) is 0 Å². The lowest BCUT2D eigenvalue weighted by molar-refractivity contribution is 0.157. The van der Waals surface area contributed by atoms with E-state index in [-0.39, 0.29) is 6.42 Å². The maximum atomic E-state index is 12.7. The summed E-state index contributed by atoms with van der Waals surface area (Å²) in [6.45, 7) is 5.32. The third kappa shape index (κ3) is 4.93. The smallest absolute Gasteiger partial charge is 0.135 e. The largest absolute Gasteiger partial charge is 0.244 e. The Balaban J connectivity index is 3.45. The van der Waals surface area contributed by atoms with E-state index < -0.39 is 12.3 Å². The molecular formula is C9H16F2. The highest BCUT2D eigenvalue weighted by molar-refractivity contribution is 4.77. The number of allylic oxidation sites excluding steroid dienone is 1. The van der Waals surface area contributed by atoms with Crippen molar-refractivity contribution in [3.05, 3.63) is 12.7 Å². The summed E-state index contributed by atoms with van der Waals surface area (Å²) in [5.74, 6) is 0. The molecule has 0 saturated carbocycles. The Bertz CT molecular complexity index is 102. The Morgan fingerprint density at radius 2 is 2.00 bits per heavy atom. The molecule has 0 aliphatic carbocycles. The van der Waals surface area contributed by atoms with Gasteiger partial charge < -0.3 is 0 Å². The number of hydrogen-bond acceptors (Lipinski definition) is 0. The van der Waals surface area contributed by atoms with E-state index in [1.165, 1.54) is 6.08 Å². The van der Waals surface area contributed by atoms with Crippen LogP contribution in [0.15, 0.2) is 12.7 Å². The first-order valence-corrected chi connectivity index (χ1v) is 4.11. The van der Waals surface area contributed by atoms with Crippen molar-refractivity contribution in [3.8, 4) is 0 Å². The van der Waals surface area contributed by atoms with E-state index in [1.54, 1.807) is 0 Å². The van der Waals surface area contributed by atoms with Gasteiger partial charge in [0.25, 0.3) is 0 Å². The fourth-order valence-corrected chi connectivity index (χ4v) is 0.887. The van der Waals surface area contributed by atoms with Crippen molar-refractivity contribution in [2.45, 2.75) is 45.0 Å². The summed E-state index contributed by atoms with van der Waals surface area (Å²) < 4.78 is 25.4. The summed E-state index contributed by atoms with van der Waals surface area (Å²) in [6.07, 6.45) is 0.923. The van der Waals surface area contributed by atoms with Crippen LogP contribution in [-0.2, 0) is 0 Å². The Hall–Kier alpha value is -0.400. The Morgan fingerprint density at radius 1 is 1.36 bits per heavy atom. The van der Waals surface area contributed by atoms with Crippen molar-refractivity contribution in [2.75, 3.05) is 0 Å². The zero-order valence-corrected chi connectivity index (χ0v) is 7.02. The van der Waals surface area contributed by atoms with Crippen molar-refractivity contribution < 1.29 is 8.78 Å². The van der Waals surface area contributed by atoms with Crippen LogP contribution in [0.25, 0.3) is 0 Å². The zero-order valence-electron chi connectivity index (χ0n) is 7.02. The molecule has 2 atom stereocenters. The molecule has 0 aromatic carbocycles. The van der Waals surface area contributed by atoms with Crippen LogP contribution in [0.1, 0.15) is 32.6 Å². The predicted octanol–water partition coefficient (Wildman–Crippen LogP) is 3.43. The van der Waals surface area contributed by atoms with Crippen molar-refractivity contribution >= 4 is 0 Å². The molecule has 0 heterocycles. The zero-order chi connectivity index (χ0) is 8.69. The molecule has 0 aliphatic rings. The van der Waals surface area contributed by atoms with Crippen LogP contribution in [0.4, 0.5) is 8.78 Å². The molecule has 0 aromatic heterocycles. The first kappa shape index (κ1) is 10.6. The molecule has 0 N–H and O–H groups in total. The van der Waals surface area contributed by atoms with E-state index in [9.17, 15) is 8.78 Å². The number of halogens is 2. The summed E-state index contributed by atoms with van der Waals surface area (Å²) in [7, 11) is 0. The van der Waals surface area contributed by atoms with Gasteiger partial charge in [-0.25, -0.2) is 8.78 Å². The second kappa shape index (κ2) is 6.32. The average Bonchev–Trinajstić information content (AvgIpc) is 2.00. The number of unbranched alkanes of at least 4 members (excludes halogenated alkanes) is 1. The summed E-state index contributed by atoms with van der Waals surface area (Å²) in [5.41, 5.74) is 0. The number of alkyl halides is 2. The summed E-state index contributed by atoms with van der Waals surface area (Å²) in [5, 5.41) is 0. The lowest BCUT2D eigenvalue weighted by Gasteiger charge is -2.10. The van der Waals surface area contributed by atoms with E-state index >= 15 is 0 Å². The lowest BCUT2D eigenvalue weighted by atomic mass is 10.1. The van der Waals surface area contributed by atoms with E-state index in [0.717, 1.165) is 12.8 Å². The average molecular weight is 162 g/mol. The number of rotatable bonds is 6. The van der Waals surface area contributed by atoms with Crippen LogP contribution in [0.5, 0.6) is 0 Å². The number of hydrogen-bond donors (Lipinski definition) is 0. The van der Waals surface area contributed by atoms with Gasteiger partial charge in [0, 0.05) is 0 Å². The highest BCUT2D eigenvalue weighted by Gasteiger charge is 2.17. The maximum Gasteiger partial charge on any atom is 0.135 e. The Morgan fingerprint density at radius 3 is 2.45 bits per heavy atom. The van der Waals surface area contributed by atoms with Crippen LogP contribution in [0.3, 0.4) is 0 Å². The summed E-state index contributed by atoms with van der Waals surface area (Å²) in [4.78, 5) is 0. The molecule has 0 unspecified atom stereocenters. The minimum atomic E-state index is -1.35. The molecule has 66 valence electrons. The lowest BCUT2D eigenvalue weighted by Crippen LogP contribution is -2.15. The van der Waals surface area contributed by atoms with Crippen molar-refractivity contribution in [1.82, 2.24) is 0 Å². The normalized spacial score (nSPS) is 15.9. The van der Waals surface area contributed by atoms with Crippen LogP contribution >= 0.6 is 0 Å². The second-order valence-corrected chi connectivity index (χ2v) is 2.70. The molecule has 0 spiro atoms. The quantitative estimate of drug-likeness (QED) is 0.525. The highest BCUT2D eigenvalue weighted by atomic mass is 19.2. The van der Waals surface area contributed by atoms with Gasteiger partial charge in [-0.3, -0.25) is 0 Å². The standard InChI is InChI=1S/C9H16F2/c1-3-5-7-9(11)8(10)6-4-2/h4,8-9H,2-3,5-7H2,1H3/t8-,9+/m0/s1. The molecule has 0 nitrogen and oxygen atoms in total. The van der Waals surface area contributed by atoms with Gasteiger partial charge in [-0.05, 0) is 12.8 Å². The van der Waals surface area contributed by atoms with E-state index in [1.807, 2.05) is 6.92 Å². The topological polar surface area (TPSA) is 0 Å². The van der Waals surface area contributed by atoms with E-state index in [4.69, 9.17) is 0 Å². The van der Waals surface area contributed by atoms with Gasteiger partial charge in [-0.2, -0.15) is 0 Å². The first-order chi connectivity index (χ1) is 5.22. The summed E-state index contributed by atoms with van der Waals surface area (Å²) >= 11 is 0. The molecule has 0 aliphatic heterocycles. The third-order valence-corrected chi connectivity index (χ3v) is 1.62. The first-order valence-electron chi connectivity index (χ1n) is 4.11. The molecule has 2 heteroatoms. The molecule has 0 fully saturated rings. The second-order valence-electron chi connectivity index (χ2n) is 2.70. The fourth-order valence-electron chi connectivity index (χ4n) is 0.887. The van der Waals surface area contributed by atoms with Crippen molar-refractivity contribution in [3.63, 3.8) is 0 Å². The van der Waals surface area contributed by atoms with Crippen LogP contribution in [-0.4, -0.2) is 12.3 Å². The highest BCUT2D eigenvalue weighted by Crippen LogP contribution is 2.14. The minimum absolute atomic E-state index is 0.130. The minimum Gasteiger partial charge on any atom is -0.244 e. The van der Waals surface area contributed by atoms with Crippen LogP contribution in [0, 0.1) is 0 Å². The Labute approximate surface area is 67.3 Å². The third-order valence-electron chi connectivity index (χ3n) is 1.62. The monoisotopic (exact) mass is 162 g/mol. The van der Waals surface area contributed by atoms with Crippen molar-refractivity contribution in [2.24, 2.45) is 0 Å². The Kier molecular flexibility index (Phi) is 6.09. The molecule has 11 heavy (non-hydrogen) atoms. The predicted molar refractivity (Wildman–Crippen MR) is 44.1 cm³/mol. The van der Waals surface area contributed by atoms with Crippen LogP contribution in [0.2, 0.25) is 0 Å². The van der Waals surface area contributed by atoms with Gasteiger partial charge >= 0.3 is 0 Å². The van der Waals surface area contributed by atoms with Gasteiger partial charge in [-0.1, -0.05) is 25.8 Å².